The van der Waals surface area contributed by atoms with Crippen LogP contribution in [0.5, 0.6) is 0 Å². The van der Waals surface area contributed by atoms with Crippen molar-refractivity contribution in [3.8, 4) is 0 Å². The van der Waals surface area contributed by atoms with Crippen LogP contribution in [0.15, 0.2) is 29.3 Å². The molecule has 0 spiro atoms. The van der Waals surface area contributed by atoms with Crippen molar-refractivity contribution in [1.82, 2.24) is 4.90 Å². The molecule has 1 heterocycles. The zero-order valence-electron chi connectivity index (χ0n) is 12.0. The zero-order valence-corrected chi connectivity index (χ0v) is 12.0. The van der Waals surface area contributed by atoms with Gasteiger partial charge in [0, 0.05) is 13.2 Å². The minimum Gasteiger partial charge on any atom is -0.380 e. The van der Waals surface area contributed by atoms with Crippen LogP contribution in [0.3, 0.4) is 0 Å². The molecule has 1 aliphatic heterocycles. The van der Waals surface area contributed by atoms with Gasteiger partial charge in [0.05, 0.1) is 19.2 Å². The summed E-state index contributed by atoms with van der Waals surface area (Å²) in [5, 5.41) is 0. The van der Waals surface area contributed by atoms with Crippen molar-refractivity contribution in [1.29, 1.82) is 0 Å². The molecule has 0 amide bonds. The fourth-order valence-corrected chi connectivity index (χ4v) is 2.56. The lowest BCUT2D eigenvalue weighted by atomic mass is 10.0. The first-order chi connectivity index (χ1) is 9.17. The summed E-state index contributed by atoms with van der Waals surface area (Å²) in [7, 11) is 1.72. The van der Waals surface area contributed by atoms with Gasteiger partial charge in [0.15, 0.2) is 5.96 Å². The van der Waals surface area contributed by atoms with Crippen molar-refractivity contribution in [2.75, 3.05) is 13.7 Å². The third-order valence-corrected chi connectivity index (χ3v) is 3.74. The highest BCUT2D eigenvalue weighted by molar-refractivity contribution is 5.80. The zero-order chi connectivity index (χ0) is 13.8. The smallest absolute Gasteiger partial charge is 0.192 e. The second-order valence-electron chi connectivity index (χ2n) is 5.06. The Balaban J connectivity index is 2.23. The van der Waals surface area contributed by atoms with Gasteiger partial charge in [-0.3, -0.25) is 4.99 Å². The van der Waals surface area contributed by atoms with E-state index in [4.69, 9.17) is 10.5 Å². The van der Waals surface area contributed by atoms with Gasteiger partial charge in [0.1, 0.15) is 0 Å². The maximum Gasteiger partial charge on any atom is 0.192 e. The van der Waals surface area contributed by atoms with E-state index in [1.54, 1.807) is 7.11 Å². The molecular formula is C15H23N3O. The largest absolute Gasteiger partial charge is 0.380 e. The molecule has 2 atom stereocenters. The first kappa shape index (κ1) is 13.9. The quantitative estimate of drug-likeness (QED) is 0.885. The lowest BCUT2D eigenvalue weighted by Crippen LogP contribution is -2.42. The van der Waals surface area contributed by atoms with Gasteiger partial charge >= 0.3 is 0 Å². The SMILES string of the molecule is CCC(C)N1C(N)=NCC1c1cccc(COC)c1. The molecule has 1 aromatic carbocycles. The lowest BCUT2D eigenvalue weighted by molar-refractivity contribution is 0.184. The van der Waals surface area contributed by atoms with Crippen molar-refractivity contribution in [3.05, 3.63) is 35.4 Å². The van der Waals surface area contributed by atoms with Crippen LogP contribution in [0, 0.1) is 0 Å². The molecule has 0 aliphatic carbocycles. The molecule has 0 saturated carbocycles. The van der Waals surface area contributed by atoms with Crippen molar-refractivity contribution < 1.29 is 4.74 Å². The summed E-state index contributed by atoms with van der Waals surface area (Å²) in [6, 6.07) is 9.16. The van der Waals surface area contributed by atoms with Gasteiger partial charge in [-0.1, -0.05) is 31.2 Å². The molecule has 0 bridgehead atoms. The number of methoxy groups -OCH3 is 1. The van der Waals surface area contributed by atoms with E-state index in [9.17, 15) is 0 Å². The molecule has 19 heavy (non-hydrogen) atoms. The molecule has 1 aliphatic rings. The summed E-state index contributed by atoms with van der Waals surface area (Å²) in [4.78, 5) is 6.64. The highest BCUT2D eigenvalue weighted by Crippen LogP contribution is 2.29. The van der Waals surface area contributed by atoms with Gasteiger partial charge in [0.25, 0.3) is 0 Å². The minimum absolute atomic E-state index is 0.256. The van der Waals surface area contributed by atoms with Gasteiger partial charge in [-0.05, 0) is 24.5 Å². The summed E-state index contributed by atoms with van der Waals surface area (Å²) in [6.45, 7) is 5.75. The van der Waals surface area contributed by atoms with Crippen molar-refractivity contribution in [2.24, 2.45) is 10.7 Å². The number of hydrogen-bond donors (Lipinski definition) is 1. The van der Waals surface area contributed by atoms with Crippen LogP contribution in [-0.4, -0.2) is 30.6 Å². The number of aliphatic imine (C=N–C) groups is 1. The monoisotopic (exact) mass is 261 g/mol. The van der Waals surface area contributed by atoms with E-state index in [-0.39, 0.29) is 6.04 Å². The summed E-state index contributed by atoms with van der Waals surface area (Å²) in [5.74, 6) is 0.663. The average molecular weight is 261 g/mol. The van der Waals surface area contributed by atoms with Gasteiger partial charge in [-0.15, -0.1) is 0 Å². The van der Waals surface area contributed by atoms with Crippen molar-refractivity contribution in [3.63, 3.8) is 0 Å². The fourth-order valence-electron chi connectivity index (χ4n) is 2.56. The highest BCUT2D eigenvalue weighted by Gasteiger charge is 2.30. The lowest BCUT2D eigenvalue weighted by Gasteiger charge is -2.32. The standard InChI is InChI=1S/C15H23N3O/c1-4-11(2)18-14(9-17-15(18)16)13-7-5-6-12(8-13)10-19-3/h5-8,11,14H,4,9-10H2,1-3H3,(H2,16,17). The minimum atomic E-state index is 0.256. The second kappa shape index (κ2) is 6.06. The van der Waals surface area contributed by atoms with E-state index < -0.39 is 0 Å². The van der Waals surface area contributed by atoms with E-state index in [1.165, 1.54) is 11.1 Å². The molecule has 0 radical (unpaired) electrons. The summed E-state index contributed by atoms with van der Waals surface area (Å²) in [6.07, 6.45) is 1.06. The van der Waals surface area contributed by atoms with E-state index in [0.717, 1.165) is 13.0 Å². The molecule has 2 unspecified atom stereocenters. The molecule has 2 rings (SSSR count). The van der Waals surface area contributed by atoms with Crippen molar-refractivity contribution in [2.45, 2.75) is 39.0 Å². The summed E-state index contributed by atoms with van der Waals surface area (Å²) < 4.78 is 5.20. The maximum absolute atomic E-state index is 6.03. The summed E-state index contributed by atoms with van der Waals surface area (Å²) in [5.41, 5.74) is 8.48. The number of nitrogens with zero attached hydrogens (tertiary/aromatic N) is 2. The van der Waals surface area contributed by atoms with Crippen LogP contribution < -0.4 is 5.73 Å². The Hall–Kier alpha value is -1.55. The number of hydrogen-bond acceptors (Lipinski definition) is 4. The Bertz CT molecular complexity index is 458. The van der Waals surface area contributed by atoms with Crippen LogP contribution in [0.2, 0.25) is 0 Å². The predicted octanol–water partition coefficient (Wildman–Crippen LogP) is 2.30. The first-order valence-corrected chi connectivity index (χ1v) is 6.83. The highest BCUT2D eigenvalue weighted by atomic mass is 16.5. The Kier molecular flexibility index (Phi) is 4.43. The molecule has 2 N–H and O–H groups in total. The van der Waals surface area contributed by atoms with Crippen LogP contribution in [0.1, 0.15) is 37.4 Å². The van der Waals surface area contributed by atoms with Gasteiger partial charge in [-0.25, -0.2) is 0 Å². The van der Waals surface area contributed by atoms with Crippen LogP contribution in [-0.2, 0) is 11.3 Å². The molecule has 0 fully saturated rings. The van der Waals surface area contributed by atoms with E-state index in [1.807, 2.05) is 0 Å². The number of nitrogens with two attached hydrogens (primary N) is 1. The Labute approximate surface area is 115 Å². The van der Waals surface area contributed by atoms with E-state index in [0.29, 0.717) is 18.6 Å². The number of guanidine groups is 1. The van der Waals surface area contributed by atoms with Crippen LogP contribution in [0.25, 0.3) is 0 Å². The van der Waals surface area contributed by atoms with Crippen LogP contribution >= 0.6 is 0 Å². The second-order valence-corrected chi connectivity index (χ2v) is 5.06. The Morgan fingerprint density at radius 1 is 1.53 bits per heavy atom. The first-order valence-electron chi connectivity index (χ1n) is 6.83. The number of rotatable bonds is 5. The molecule has 104 valence electrons. The summed E-state index contributed by atoms with van der Waals surface area (Å²) >= 11 is 0. The molecule has 0 aromatic heterocycles. The average Bonchev–Trinajstić information content (AvgIpc) is 2.80. The third-order valence-electron chi connectivity index (χ3n) is 3.74. The van der Waals surface area contributed by atoms with E-state index >= 15 is 0 Å². The molecule has 4 heteroatoms. The number of benzene rings is 1. The van der Waals surface area contributed by atoms with Gasteiger partial charge < -0.3 is 15.4 Å². The molecular weight excluding hydrogens is 238 g/mol. The molecule has 1 aromatic rings. The van der Waals surface area contributed by atoms with Crippen LogP contribution in [0.4, 0.5) is 0 Å². The Morgan fingerprint density at radius 3 is 3.00 bits per heavy atom. The third kappa shape index (κ3) is 2.89. The fraction of sp³-hybridized carbons (Fsp3) is 0.533. The topological polar surface area (TPSA) is 50.8 Å². The van der Waals surface area contributed by atoms with E-state index in [2.05, 4.69) is 48.0 Å². The Morgan fingerprint density at radius 2 is 2.32 bits per heavy atom. The number of ether oxygens (including phenoxy) is 1. The molecule has 0 saturated heterocycles. The van der Waals surface area contributed by atoms with Crippen molar-refractivity contribution >= 4 is 5.96 Å². The molecule has 4 nitrogen and oxygen atoms in total. The van der Waals surface area contributed by atoms with Gasteiger partial charge in [-0.2, -0.15) is 0 Å². The predicted molar refractivity (Wildman–Crippen MR) is 78.0 cm³/mol. The normalized spacial score (nSPS) is 20.5. The maximum atomic E-state index is 6.03. The van der Waals surface area contributed by atoms with Gasteiger partial charge in [0.2, 0.25) is 0 Å².